The van der Waals surface area contributed by atoms with Gasteiger partial charge in [-0.15, -0.1) is 13.2 Å². The lowest BCUT2D eigenvalue weighted by molar-refractivity contribution is -0.176. The van der Waals surface area contributed by atoms with Gasteiger partial charge in [0.1, 0.15) is 5.60 Å². The number of rotatable bonds is 2. The highest BCUT2D eigenvalue weighted by molar-refractivity contribution is 6.01. The zero-order valence-electron chi connectivity index (χ0n) is 20.9. The summed E-state index contributed by atoms with van der Waals surface area (Å²) in [5, 5.41) is 22.5. The second-order valence-corrected chi connectivity index (χ2v) is 11.2. The van der Waals surface area contributed by atoms with Crippen LogP contribution in [0.5, 0.6) is 0 Å². The van der Waals surface area contributed by atoms with Crippen molar-refractivity contribution in [3.8, 4) is 0 Å². The van der Waals surface area contributed by atoms with Gasteiger partial charge in [0.25, 0.3) is 0 Å². The summed E-state index contributed by atoms with van der Waals surface area (Å²) in [6.07, 6.45) is 16.2. The number of carbonyl (C=O) groups is 2. The molecular weight excluding hydrogens is 412 g/mol. The minimum atomic E-state index is -1.31. The number of fused-ring (bicyclic) bond motifs is 5. The van der Waals surface area contributed by atoms with E-state index in [9.17, 15) is 19.8 Å². The Morgan fingerprint density at radius 1 is 1.12 bits per heavy atom. The van der Waals surface area contributed by atoms with Gasteiger partial charge < -0.3 is 10.2 Å². The number of ketones is 2. The summed E-state index contributed by atoms with van der Waals surface area (Å²) in [5.74, 6) is 0.501. The topological polar surface area (TPSA) is 74.6 Å². The van der Waals surface area contributed by atoms with Crippen LogP contribution in [0.15, 0.2) is 37.0 Å². The molecule has 0 aromatic heterocycles. The Balaban J connectivity index is 0.000000381. The van der Waals surface area contributed by atoms with Gasteiger partial charge in [-0.05, 0) is 56.1 Å². The largest absolute Gasteiger partial charge is 0.393 e. The van der Waals surface area contributed by atoms with Crippen LogP contribution in [0, 0.1) is 28.6 Å². The summed E-state index contributed by atoms with van der Waals surface area (Å²) in [5.41, 5.74) is -1.04. The Bertz CT molecular complexity index is 801. The smallest absolute Gasteiger partial charge is 0.178 e. The Hall–Kier alpha value is -1.52. The molecule has 5 rings (SSSR count). The fourth-order valence-corrected chi connectivity index (χ4v) is 7.96. The van der Waals surface area contributed by atoms with E-state index in [0.29, 0.717) is 19.3 Å². The molecule has 4 heteroatoms. The second-order valence-electron chi connectivity index (χ2n) is 11.2. The molecule has 6 unspecified atom stereocenters. The predicted molar refractivity (Wildman–Crippen MR) is 133 cm³/mol. The number of hydrogen-bond donors (Lipinski definition) is 2. The maximum absolute atomic E-state index is 12.6. The van der Waals surface area contributed by atoms with Gasteiger partial charge in [0.15, 0.2) is 11.6 Å². The highest BCUT2D eigenvalue weighted by Crippen LogP contribution is 2.67. The molecule has 0 spiro atoms. The van der Waals surface area contributed by atoms with E-state index in [0.717, 1.165) is 24.8 Å². The van der Waals surface area contributed by atoms with Crippen LogP contribution >= 0.6 is 0 Å². The molecule has 5 aliphatic rings. The van der Waals surface area contributed by atoms with Gasteiger partial charge in [0.2, 0.25) is 0 Å². The van der Waals surface area contributed by atoms with Crippen molar-refractivity contribution in [1.82, 2.24) is 0 Å². The van der Waals surface area contributed by atoms with Crippen molar-refractivity contribution in [2.75, 3.05) is 0 Å². The normalized spacial score (nSPS) is 43.1. The number of aliphatic hydroxyl groups excluding tert-OH is 1. The molecule has 0 saturated heterocycles. The Morgan fingerprint density at radius 2 is 1.73 bits per heavy atom. The molecule has 0 heterocycles. The van der Waals surface area contributed by atoms with Gasteiger partial charge in [0, 0.05) is 23.2 Å². The average molecular weight is 457 g/mol. The van der Waals surface area contributed by atoms with E-state index < -0.39 is 17.1 Å². The lowest BCUT2D eigenvalue weighted by atomic mass is 9.46. The molecular formula is C29H44O4. The summed E-state index contributed by atoms with van der Waals surface area (Å²) < 4.78 is 0. The third-order valence-corrected chi connectivity index (χ3v) is 9.68. The number of Topliss-reactive ketones (excluding diaryl/α,β-unsaturated/α-hetero) is 1. The van der Waals surface area contributed by atoms with Gasteiger partial charge in [0.05, 0.1) is 6.10 Å². The number of allylic oxidation sites excluding steroid dienone is 4. The van der Waals surface area contributed by atoms with Crippen molar-refractivity contribution < 1.29 is 19.8 Å². The van der Waals surface area contributed by atoms with Crippen molar-refractivity contribution in [3.63, 3.8) is 0 Å². The van der Waals surface area contributed by atoms with Crippen LogP contribution in [0.25, 0.3) is 0 Å². The van der Waals surface area contributed by atoms with Crippen LogP contribution in [0.2, 0.25) is 0 Å². The fraction of sp³-hybridized carbons (Fsp3) is 0.724. The quantitative estimate of drug-likeness (QED) is 0.521. The molecule has 0 aromatic carbocycles. The van der Waals surface area contributed by atoms with Crippen molar-refractivity contribution in [1.29, 1.82) is 0 Å². The van der Waals surface area contributed by atoms with Gasteiger partial charge in [-0.25, -0.2) is 0 Å². The van der Waals surface area contributed by atoms with Crippen LogP contribution in [0.3, 0.4) is 0 Å². The van der Waals surface area contributed by atoms with Gasteiger partial charge >= 0.3 is 0 Å². The Morgan fingerprint density at radius 3 is 2.30 bits per heavy atom. The highest BCUT2D eigenvalue weighted by Gasteiger charge is 2.67. The molecule has 4 saturated carbocycles. The monoisotopic (exact) mass is 456 g/mol. The van der Waals surface area contributed by atoms with Crippen LogP contribution in [-0.4, -0.2) is 33.5 Å². The number of hydrogen-bond acceptors (Lipinski definition) is 4. The molecule has 5 aliphatic carbocycles. The van der Waals surface area contributed by atoms with Crippen LogP contribution in [0.4, 0.5) is 0 Å². The molecule has 2 N–H and O–H groups in total. The third-order valence-electron chi connectivity index (χ3n) is 9.68. The first-order valence-corrected chi connectivity index (χ1v) is 13.1. The van der Waals surface area contributed by atoms with E-state index >= 15 is 0 Å². The standard InChI is InChI=1S/C22H30O4.C5H10.C2H4/c1-4-18(25)22(26)10-8-16-15-6-5-13-11-14(23)7-9-20(13,2)19(15)17(24)12-21(16,22)3;1-2-4-5-3-1;1-2/h7,9,11,15-17,19,24,26H,4-6,8,10,12H2,1-3H3;1-5H2;1-2H2/t15?,16?,17?,19?,20?,21?,22-;;/m0../s1. The summed E-state index contributed by atoms with van der Waals surface area (Å²) >= 11 is 0. The molecule has 0 radical (unpaired) electrons. The molecule has 33 heavy (non-hydrogen) atoms. The zero-order valence-corrected chi connectivity index (χ0v) is 20.9. The molecule has 0 amide bonds. The second kappa shape index (κ2) is 10.00. The lowest BCUT2D eigenvalue weighted by Crippen LogP contribution is -2.61. The van der Waals surface area contributed by atoms with Gasteiger partial charge in [-0.3, -0.25) is 9.59 Å². The van der Waals surface area contributed by atoms with Crippen molar-refractivity contribution >= 4 is 11.6 Å². The van der Waals surface area contributed by atoms with E-state index in [1.165, 1.54) is 32.1 Å². The number of aliphatic hydroxyl groups is 2. The maximum Gasteiger partial charge on any atom is 0.178 e. The van der Waals surface area contributed by atoms with Gasteiger partial charge in [-0.1, -0.05) is 64.5 Å². The fourth-order valence-electron chi connectivity index (χ4n) is 7.96. The molecule has 0 aromatic rings. The Labute approximate surface area is 200 Å². The third kappa shape index (κ3) is 4.23. The molecule has 0 aliphatic heterocycles. The maximum atomic E-state index is 12.6. The van der Waals surface area contributed by atoms with E-state index in [4.69, 9.17) is 0 Å². The average Bonchev–Trinajstić information content (AvgIpc) is 3.46. The van der Waals surface area contributed by atoms with E-state index in [-0.39, 0.29) is 34.7 Å². The highest BCUT2D eigenvalue weighted by atomic mass is 16.3. The molecule has 4 fully saturated rings. The minimum absolute atomic E-state index is 0.0369. The summed E-state index contributed by atoms with van der Waals surface area (Å²) in [4.78, 5) is 24.4. The van der Waals surface area contributed by atoms with E-state index in [2.05, 4.69) is 20.1 Å². The first-order valence-electron chi connectivity index (χ1n) is 13.1. The molecule has 0 bridgehead atoms. The first kappa shape index (κ1) is 26.1. The molecule has 7 atom stereocenters. The summed E-state index contributed by atoms with van der Waals surface area (Å²) in [6.45, 7) is 12.0. The predicted octanol–water partition coefficient (Wildman–Crippen LogP) is 5.73. The Kier molecular flexibility index (Phi) is 7.90. The van der Waals surface area contributed by atoms with Crippen LogP contribution in [0.1, 0.15) is 91.4 Å². The summed E-state index contributed by atoms with van der Waals surface area (Å²) in [6, 6.07) is 0. The lowest BCUT2D eigenvalue weighted by Gasteiger charge is -2.59. The first-order chi connectivity index (χ1) is 15.7. The molecule has 184 valence electrons. The summed E-state index contributed by atoms with van der Waals surface area (Å²) in [7, 11) is 0. The van der Waals surface area contributed by atoms with Crippen molar-refractivity contribution in [3.05, 3.63) is 37.0 Å². The molecule has 4 nitrogen and oxygen atoms in total. The zero-order chi connectivity index (χ0) is 24.4. The van der Waals surface area contributed by atoms with Crippen molar-refractivity contribution in [2.24, 2.45) is 28.6 Å². The number of carbonyl (C=O) groups excluding carboxylic acids is 2. The van der Waals surface area contributed by atoms with Crippen molar-refractivity contribution in [2.45, 2.75) is 103 Å². The van der Waals surface area contributed by atoms with Crippen LogP contribution in [-0.2, 0) is 9.59 Å². The van der Waals surface area contributed by atoms with E-state index in [1.54, 1.807) is 12.2 Å². The van der Waals surface area contributed by atoms with Crippen LogP contribution < -0.4 is 0 Å². The van der Waals surface area contributed by atoms with Gasteiger partial charge in [-0.2, -0.15) is 0 Å². The van der Waals surface area contributed by atoms with E-state index in [1.807, 2.05) is 19.9 Å². The SMILES string of the molecule is C1CCCC1.C=C.CCC(=O)[C@@]1(O)CCC2C3CCC4=CC(=O)C=CC4(C)C3C(O)CC21C. The minimum Gasteiger partial charge on any atom is -0.393 e.